The van der Waals surface area contributed by atoms with Crippen molar-refractivity contribution in [3.8, 4) is 0 Å². The summed E-state index contributed by atoms with van der Waals surface area (Å²) in [6.45, 7) is 8.20. The van der Waals surface area contributed by atoms with Crippen molar-refractivity contribution in [3.63, 3.8) is 0 Å². The van der Waals surface area contributed by atoms with Crippen LogP contribution in [0, 0.1) is 6.92 Å². The van der Waals surface area contributed by atoms with Gasteiger partial charge in [-0.25, -0.2) is 0 Å². The first-order valence-corrected chi connectivity index (χ1v) is 6.56. The van der Waals surface area contributed by atoms with Crippen LogP contribution in [0.3, 0.4) is 0 Å². The lowest BCUT2D eigenvalue weighted by Crippen LogP contribution is -2.14. The van der Waals surface area contributed by atoms with Crippen LogP contribution >= 0.6 is 0 Å². The lowest BCUT2D eigenvalue weighted by molar-refractivity contribution is 0.102. The quantitative estimate of drug-likeness (QED) is 0.806. The Morgan fingerprint density at radius 2 is 2.00 bits per heavy atom. The van der Waals surface area contributed by atoms with Gasteiger partial charge in [-0.2, -0.15) is 0 Å². The average molecular weight is 249 g/mol. The zero-order valence-corrected chi connectivity index (χ0v) is 12.3. The molecule has 1 aliphatic rings. The fourth-order valence-electron chi connectivity index (χ4n) is 2.54. The van der Waals surface area contributed by atoms with Gasteiger partial charge >= 0.3 is 0 Å². The maximum Gasteiger partial charge on any atom is 0.205 e. The smallest absolute Gasteiger partial charge is 0.205 e. The Hall–Kier alpha value is -1.51. The standard InChI is InChI=1S/C13H17NO2.C2H6/c1-5-11-8(2)10-6-9(16-4)7-12(15)13(10)14(11)3;1-2/h7H,5-6H2,1-4H3;1-2H3. The van der Waals surface area contributed by atoms with Crippen molar-refractivity contribution in [2.75, 3.05) is 7.11 Å². The Kier molecular flexibility index (Phi) is 4.76. The number of fused-ring (bicyclic) bond motifs is 1. The van der Waals surface area contributed by atoms with Gasteiger partial charge in [0.25, 0.3) is 0 Å². The van der Waals surface area contributed by atoms with Crippen LogP contribution in [-0.2, 0) is 24.6 Å². The SMILES string of the molecule is CC.CCc1c(C)c2c(n1C)C(=O)C=C(OC)C2. The topological polar surface area (TPSA) is 31.2 Å². The number of carbonyl (C=O) groups excluding carboxylic acids is 1. The number of ether oxygens (including phenoxy) is 1. The molecular formula is C15H23NO2. The first-order valence-electron chi connectivity index (χ1n) is 6.56. The van der Waals surface area contributed by atoms with E-state index in [0.29, 0.717) is 0 Å². The van der Waals surface area contributed by atoms with Crippen LogP contribution < -0.4 is 0 Å². The first-order chi connectivity index (χ1) is 8.60. The monoisotopic (exact) mass is 249 g/mol. The number of carbonyl (C=O) groups is 1. The molecule has 0 unspecified atom stereocenters. The van der Waals surface area contributed by atoms with E-state index in [1.54, 1.807) is 13.2 Å². The molecular weight excluding hydrogens is 226 g/mol. The van der Waals surface area contributed by atoms with E-state index in [-0.39, 0.29) is 5.78 Å². The number of nitrogens with zero attached hydrogens (tertiary/aromatic N) is 1. The van der Waals surface area contributed by atoms with E-state index in [4.69, 9.17) is 4.74 Å². The van der Waals surface area contributed by atoms with Crippen molar-refractivity contribution in [1.29, 1.82) is 0 Å². The van der Waals surface area contributed by atoms with Crippen LogP contribution in [0.15, 0.2) is 11.8 Å². The maximum atomic E-state index is 12.0. The summed E-state index contributed by atoms with van der Waals surface area (Å²) in [6, 6.07) is 0. The van der Waals surface area contributed by atoms with Crippen LogP contribution in [0.2, 0.25) is 0 Å². The van der Waals surface area contributed by atoms with Gasteiger partial charge in [0.2, 0.25) is 5.78 Å². The summed E-state index contributed by atoms with van der Waals surface area (Å²) in [7, 11) is 3.58. The number of hydrogen-bond acceptors (Lipinski definition) is 2. The van der Waals surface area contributed by atoms with Gasteiger partial charge in [0.05, 0.1) is 12.8 Å². The van der Waals surface area contributed by atoms with E-state index in [1.165, 1.54) is 11.3 Å². The van der Waals surface area contributed by atoms with Gasteiger partial charge in [0.1, 0.15) is 5.76 Å². The zero-order chi connectivity index (χ0) is 13.9. The zero-order valence-electron chi connectivity index (χ0n) is 12.3. The highest BCUT2D eigenvalue weighted by Crippen LogP contribution is 2.29. The molecule has 3 nitrogen and oxygen atoms in total. The Morgan fingerprint density at radius 3 is 2.50 bits per heavy atom. The molecule has 0 radical (unpaired) electrons. The third kappa shape index (κ3) is 2.22. The lowest BCUT2D eigenvalue weighted by Gasteiger charge is -2.13. The Bertz CT molecular complexity index is 481. The van der Waals surface area contributed by atoms with Crippen molar-refractivity contribution in [2.24, 2.45) is 7.05 Å². The number of ketones is 1. The van der Waals surface area contributed by atoms with Gasteiger partial charge in [-0.05, 0) is 24.5 Å². The van der Waals surface area contributed by atoms with Gasteiger partial charge in [-0.15, -0.1) is 0 Å². The Labute approximate surface area is 109 Å². The first kappa shape index (κ1) is 14.6. The molecule has 100 valence electrons. The lowest BCUT2D eigenvalue weighted by atomic mass is 9.98. The largest absolute Gasteiger partial charge is 0.501 e. The average Bonchev–Trinajstić information content (AvgIpc) is 2.64. The molecule has 0 saturated heterocycles. The van der Waals surface area contributed by atoms with Crippen LogP contribution in [0.25, 0.3) is 0 Å². The van der Waals surface area contributed by atoms with Crippen LogP contribution in [0.4, 0.5) is 0 Å². The van der Waals surface area contributed by atoms with Crippen molar-refractivity contribution < 1.29 is 9.53 Å². The summed E-state index contributed by atoms with van der Waals surface area (Å²) in [4.78, 5) is 12.0. The number of aromatic nitrogens is 1. The van der Waals surface area contributed by atoms with Crippen LogP contribution in [0.1, 0.15) is 48.1 Å². The van der Waals surface area contributed by atoms with Crippen molar-refractivity contribution in [3.05, 3.63) is 34.3 Å². The molecule has 0 aliphatic heterocycles. The predicted molar refractivity (Wildman–Crippen MR) is 74.0 cm³/mol. The van der Waals surface area contributed by atoms with Gasteiger partial charge in [-0.3, -0.25) is 4.79 Å². The summed E-state index contributed by atoms with van der Waals surface area (Å²) in [5.74, 6) is 0.817. The minimum absolute atomic E-state index is 0.0587. The molecule has 0 N–H and O–H groups in total. The highest BCUT2D eigenvalue weighted by molar-refractivity contribution is 6.06. The number of hydrogen-bond donors (Lipinski definition) is 0. The third-order valence-corrected chi connectivity index (χ3v) is 3.39. The van der Waals surface area contributed by atoms with Gasteiger partial charge < -0.3 is 9.30 Å². The number of allylic oxidation sites excluding steroid dienone is 2. The van der Waals surface area contributed by atoms with Crippen molar-refractivity contribution >= 4 is 5.78 Å². The summed E-state index contributed by atoms with van der Waals surface area (Å²) in [6.07, 6.45) is 3.28. The van der Waals surface area contributed by atoms with E-state index < -0.39 is 0 Å². The molecule has 0 amide bonds. The molecule has 2 rings (SSSR count). The highest BCUT2D eigenvalue weighted by Gasteiger charge is 2.26. The van der Waals surface area contributed by atoms with E-state index in [0.717, 1.165) is 29.9 Å². The highest BCUT2D eigenvalue weighted by atomic mass is 16.5. The molecule has 0 spiro atoms. The Morgan fingerprint density at radius 1 is 1.39 bits per heavy atom. The van der Waals surface area contributed by atoms with E-state index in [9.17, 15) is 4.79 Å². The molecule has 18 heavy (non-hydrogen) atoms. The summed E-state index contributed by atoms with van der Waals surface area (Å²) in [5.41, 5.74) is 4.43. The molecule has 3 heteroatoms. The van der Waals surface area contributed by atoms with E-state index >= 15 is 0 Å². The molecule has 1 heterocycles. The minimum atomic E-state index is 0.0587. The van der Waals surface area contributed by atoms with Gasteiger partial charge in [-0.1, -0.05) is 20.8 Å². The maximum absolute atomic E-state index is 12.0. The molecule has 0 aromatic carbocycles. The van der Waals surface area contributed by atoms with Crippen LogP contribution in [0.5, 0.6) is 0 Å². The normalized spacial score (nSPS) is 13.4. The van der Waals surface area contributed by atoms with Crippen molar-refractivity contribution in [1.82, 2.24) is 4.57 Å². The van der Waals surface area contributed by atoms with E-state index in [2.05, 4.69) is 13.8 Å². The van der Waals surface area contributed by atoms with Gasteiger partial charge in [0, 0.05) is 25.2 Å². The number of methoxy groups -OCH3 is 1. The predicted octanol–water partition coefficient (Wildman–Crippen LogP) is 3.19. The second kappa shape index (κ2) is 5.89. The molecule has 0 bridgehead atoms. The second-order valence-corrected chi connectivity index (χ2v) is 4.17. The number of rotatable bonds is 2. The fourth-order valence-corrected chi connectivity index (χ4v) is 2.54. The summed E-state index contributed by atoms with van der Waals surface area (Å²) >= 11 is 0. The van der Waals surface area contributed by atoms with Gasteiger partial charge in [0.15, 0.2) is 0 Å². The fraction of sp³-hybridized carbons (Fsp3) is 0.533. The van der Waals surface area contributed by atoms with Crippen molar-refractivity contribution in [2.45, 2.75) is 40.5 Å². The second-order valence-electron chi connectivity index (χ2n) is 4.17. The third-order valence-electron chi connectivity index (χ3n) is 3.39. The summed E-state index contributed by atoms with van der Waals surface area (Å²) in [5, 5.41) is 0. The van der Waals surface area contributed by atoms with E-state index in [1.807, 2.05) is 25.5 Å². The van der Waals surface area contributed by atoms with Crippen LogP contribution in [-0.4, -0.2) is 17.5 Å². The molecule has 0 saturated carbocycles. The Balaban J connectivity index is 0.000000771. The molecule has 1 aromatic heterocycles. The molecule has 1 aromatic rings. The minimum Gasteiger partial charge on any atom is -0.501 e. The molecule has 0 fully saturated rings. The summed E-state index contributed by atoms with van der Waals surface area (Å²) < 4.78 is 7.21. The molecule has 0 atom stereocenters. The molecule has 1 aliphatic carbocycles.